The quantitative estimate of drug-likeness (QED) is 0.526. The molecular weight excluding hydrogens is 344 g/mol. The minimum Gasteiger partial charge on any atom is -0.361 e. The van der Waals surface area contributed by atoms with Gasteiger partial charge >= 0.3 is 0 Å². The number of unbranched alkanes of at least 4 members (excludes halogenated alkanes) is 2. The van der Waals surface area contributed by atoms with Crippen LogP contribution in [0.5, 0.6) is 0 Å². The van der Waals surface area contributed by atoms with Gasteiger partial charge in [-0.05, 0) is 62.5 Å². The Kier molecular flexibility index (Phi) is 4.33. The molecule has 0 aliphatic heterocycles. The zero-order valence-electron chi connectivity index (χ0n) is 17.3. The summed E-state index contributed by atoms with van der Waals surface area (Å²) in [6, 6.07) is 8.53. The third-order valence-electron chi connectivity index (χ3n) is 7.90. The van der Waals surface area contributed by atoms with Gasteiger partial charge in [-0.3, -0.25) is 0 Å². The number of H-pyrrole nitrogens is 1. The van der Waals surface area contributed by atoms with Crippen LogP contribution >= 0.6 is 0 Å². The molecule has 0 unspecified atom stereocenters. The van der Waals surface area contributed by atoms with Gasteiger partial charge in [0.15, 0.2) is 5.82 Å². The summed E-state index contributed by atoms with van der Waals surface area (Å²) >= 11 is 0. The number of aromatic nitrogens is 4. The summed E-state index contributed by atoms with van der Waals surface area (Å²) in [5.74, 6) is 2.22. The van der Waals surface area contributed by atoms with Crippen LogP contribution in [0.1, 0.15) is 77.0 Å². The molecule has 3 aliphatic carbocycles. The highest BCUT2D eigenvalue weighted by Gasteiger charge is 2.51. The number of hydrogen-bond donors (Lipinski definition) is 1. The van der Waals surface area contributed by atoms with E-state index in [0.717, 1.165) is 11.3 Å². The van der Waals surface area contributed by atoms with E-state index in [1.54, 1.807) is 0 Å². The summed E-state index contributed by atoms with van der Waals surface area (Å²) in [6.45, 7) is 2.31. The second-order valence-corrected chi connectivity index (χ2v) is 9.39. The van der Waals surface area contributed by atoms with Gasteiger partial charge in [0.05, 0.1) is 0 Å². The van der Waals surface area contributed by atoms with Gasteiger partial charge in [0, 0.05) is 35.1 Å². The number of benzene rings is 1. The second kappa shape index (κ2) is 6.75. The zero-order chi connectivity index (χ0) is 19.2. The van der Waals surface area contributed by atoms with Crippen molar-refractivity contribution in [2.24, 2.45) is 12.5 Å². The third-order valence-corrected chi connectivity index (χ3v) is 7.90. The molecule has 2 heterocycles. The van der Waals surface area contributed by atoms with Crippen LogP contribution in [-0.4, -0.2) is 19.7 Å². The molecule has 4 heteroatoms. The molecule has 0 radical (unpaired) electrons. The fourth-order valence-electron chi connectivity index (χ4n) is 6.03. The molecule has 148 valence electrons. The van der Waals surface area contributed by atoms with Gasteiger partial charge in [0.2, 0.25) is 0 Å². The SMILES string of the molecule is CCCCCC12CCC(c3nnc(-c4cccc5[nH]ccc45)n3C)(CC1)CC2. The van der Waals surface area contributed by atoms with E-state index in [0.29, 0.717) is 5.41 Å². The Balaban J connectivity index is 1.43. The predicted molar refractivity (Wildman–Crippen MR) is 114 cm³/mol. The summed E-state index contributed by atoms with van der Waals surface area (Å²) in [5.41, 5.74) is 3.22. The Hall–Kier alpha value is -2.10. The van der Waals surface area contributed by atoms with Crippen LogP contribution in [0.2, 0.25) is 0 Å². The normalized spacial score (nSPS) is 26.9. The molecule has 0 spiro atoms. The van der Waals surface area contributed by atoms with Crippen molar-refractivity contribution in [3.05, 3.63) is 36.3 Å². The summed E-state index contributed by atoms with van der Waals surface area (Å²) in [6.07, 6.45) is 15.6. The van der Waals surface area contributed by atoms with Crippen LogP contribution in [0.15, 0.2) is 30.5 Å². The highest BCUT2D eigenvalue weighted by Crippen LogP contribution is 2.59. The van der Waals surface area contributed by atoms with Gasteiger partial charge in [0.25, 0.3) is 0 Å². The van der Waals surface area contributed by atoms with Crippen LogP contribution in [0.3, 0.4) is 0 Å². The lowest BCUT2D eigenvalue weighted by Crippen LogP contribution is -2.45. The Morgan fingerprint density at radius 1 is 1.00 bits per heavy atom. The van der Waals surface area contributed by atoms with Crippen molar-refractivity contribution in [1.29, 1.82) is 0 Å². The lowest BCUT2D eigenvalue weighted by Gasteiger charge is -2.53. The van der Waals surface area contributed by atoms with E-state index in [4.69, 9.17) is 5.10 Å². The molecule has 1 aromatic carbocycles. The molecular formula is C24H32N4. The first kappa shape index (κ1) is 18.0. The van der Waals surface area contributed by atoms with Gasteiger partial charge in [-0.1, -0.05) is 38.3 Å². The fourth-order valence-corrected chi connectivity index (χ4v) is 6.03. The standard InChI is InChI=1S/C24H32N4/c1-3-4-5-10-23-11-14-24(15-12-23,16-13-23)22-27-26-21(28(22)2)19-7-6-8-20-18(19)9-17-25-20/h6-9,17,25H,3-5,10-16H2,1-2H3. The number of fused-ring (bicyclic) bond motifs is 4. The molecule has 3 saturated carbocycles. The van der Waals surface area contributed by atoms with Crippen LogP contribution in [0, 0.1) is 5.41 Å². The Morgan fingerprint density at radius 3 is 2.54 bits per heavy atom. The van der Waals surface area contributed by atoms with Gasteiger partial charge in [-0.25, -0.2) is 0 Å². The number of aromatic amines is 1. The minimum atomic E-state index is 0.249. The van der Waals surface area contributed by atoms with Crippen LogP contribution in [-0.2, 0) is 12.5 Å². The third kappa shape index (κ3) is 2.72. The van der Waals surface area contributed by atoms with Gasteiger partial charge in [0.1, 0.15) is 5.82 Å². The van der Waals surface area contributed by atoms with Crippen LogP contribution in [0.25, 0.3) is 22.3 Å². The molecule has 0 atom stereocenters. The Morgan fingerprint density at radius 2 is 1.79 bits per heavy atom. The van der Waals surface area contributed by atoms with Gasteiger partial charge < -0.3 is 9.55 Å². The van der Waals surface area contributed by atoms with Crippen molar-refractivity contribution in [3.8, 4) is 11.4 Å². The molecule has 2 bridgehead atoms. The van der Waals surface area contributed by atoms with Crippen LogP contribution in [0.4, 0.5) is 0 Å². The first-order chi connectivity index (χ1) is 13.7. The van der Waals surface area contributed by atoms with Crippen LogP contribution < -0.4 is 0 Å². The highest BCUT2D eigenvalue weighted by atomic mass is 15.3. The molecule has 0 amide bonds. The maximum Gasteiger partial charge on any atom is 0.164 e. The maximum atomic E-state index is 4.78. The number of hydrogen-bond acceptors (Lipinski definition) is 2. The van der Waals surface area contributed by atoms with Crippen molar-refractivity contribution in [2.75, 3.05) is 0 Å². The topological polar surface area (TPSA) is 46.5 Å². The van der Waals surface area contributed by atoms with Crippen molar-refractivity contribution in [1.82, 2.24) is 19.7 Å². The van der Waals surface area contributed by atoms with E-state index in [-0.39, 0.29) is 5.41 Å². The molecule has 3 aromatic rings. The summed E-state index contributed by atoms with van der Waals surface area (Å²) in [4.78, 5) is 3.31. The summed E-state index contributed by atoms with van der Waals surface area (Å²) in [5, 5.41) is 10.7. The molecule has 4 nitrogen and oxygen atoms in total. The average molecular weight is 377 g/mol. The Labute approximate surface area is 167 Å². The van der Waals surface area contributed by atoms with E-state index in [1.807, 2.05) is 6.20 Å². The van der Waals surface area contributed by atoms with Gasteiger partial charge in [-0.2, -0.15) is 0 Å². The number of rotatable bonds is 6. The number of nitrogens with one attached hydrogen (secondary N) is 1. The zero-order valence-corrected chi connectivity index (χ0v) is 17.3. The average Bonchev–Trinajstić information content (AvgIpc) is 3.36. The second-order valence-electron chi connectivity index (χ2n) is 9.39. The highest BCUT2D eigenvalue weighted by molar-refractivity contribution is 5.93. The van der Waals surface area contributed by atoms with Crippen molar-refractivity contribution in [2.45, 2.75) is 76.5 Å². The molecule has 28 heavy (non-hydrogen) atoms. The van der Waals surface area contributed by atoms with Gasteiger partial charge in [-0.15, -0.1) is 10.2 Å². The predicted octanol–water partition coefficient (Wildman–Crippen LogP) is 6.14. The number of nitrogens with zero attached hydrogens (tertiary/aromatic N) is 3. The summed E-state index contributed by atoms with van der Waals surface area (Å²) in [7, 11) is 2.17. The van der Waals surface area contributed by atoms with E-state index >= 15 is 0 Å². The lowest BCUT2D eigenvalue weighted by atomic mass is 9.52. The first-order valence-corrected chi connectivity index (χ1v) is 11.1. The van der Waals surface area contributed by atoms with E-state index in [1.165, 1.54) is 81.0 Å². The monoisotopic (exact) mass is 376 g/mol. The van der Waals surface area contributed by atoms with E-state index in [9.17, 15) is 0 Å². The summed E-state index contributed by atoms with van der Waals surface area (Å²) < 4.78 is 2.29. The minimum absolute atomic E-state index is 0.249. The van der Waals surface area contributed by atoms with Crippen molar-refractivity contribution in [3.63, 3.8) is 0 Å². The fraction of sp³-hybridized carbons (Fsp3) is 0.583. The molecule has 3 fully saturated rings. The van der Waals surface area contributed by atoms with E-state index in [2.05, 4.69) is 52.9 Å². The first-order valence-electron chi connectivity index (χ1n) is 11.1. The molecule has 0 saturated heterocycles. The van der Waals surface area contributed by atoms with Crippen molar-refractivity contribution < 1.29 is 0 Å². The lowest BCUT2D eigenvalue weighted by molar-refractivity contribution is 0.0250. The molecule has 1 N–H and O–H groups in total. The molecule has 2 aromatic heterocycles. The van der Waals surface area contributed by atoms with E-state index < -0.39 is 0 Å². The molecule has 3 aliphatic rings. The van der Waals surface area contributed by atoms with Crippen molar-refractivity contribution >= 4 is 10.9 Å². The smallest absolute Gasteiger partial charge is 0.164 e. The largest absolute Gasteiger partial charge is 0.361 e. The Bertz CT molecular complexity index is 955. The maximum absolute atomic E-state index is 4.78. The molecule has 6 rings (SSSR count).